The Bertz CT molecular complexity index is 772. The normalized spacial score (nSPS) is 13.4. The van der Waals surface area contributed by atoms with Crippen molar-refractivity contribution in [3.8, 4) is 0 Å². The minimum Gasteiger partial charge on any atom is -0.462 e. The zero-order valence-corrected chi connectivity index (χ0v) is 15.1. The second-order valence-electron chi connectivity index (χ2n) is 4.96. The predicted octanol–water partition coefficient (Wildman–Crippen LogP) is 3.37. The molecule has 0 N–H and O–H groups in total. The van der Waals surface area contributed by atoms with Crippen molar-refractivity contribution < 1.29 is 22.9 Å². The molecule has 0 spiro atoms. The average Bonchev–Trinajstić information content (AvgIpc) is 2.52. The van der Waals surface area contributed by atoms with Crippen molar-refractivity contribution in [1.82, 2.24) is 0 Å². The molecule has 24 heavy (non-hydrogen) atoms. The van der Waals surface area contributed by atoms with Crippen LogP contribution < -0.4 is 0 Å². The number of ether oxygens (including phenoxy) is 1. The number of hydrogen-bond donors (Lipinski definition) is 0. The van der Waals surface area contributed by atoms with Crippen molar-refractivity contribution in [2.45, 2.75) is 32.4 Å². The first-order valence-electron chi connectivity index (χ1n) is 7.21. The van der Waals surface area contributed by atoms with E-state index in [4.69, 9.17) is 16.3 Å². The van der Waals surface area contributed by atoms with Gasteiger partial charge >= 0.3 is 5.97 Å². The fourth-order valence-electron chi connectivity index (χ4n) is 1.81. The number of carbonyl (C=O) groups is 1. The van der Waals surface area contributed by atoms with Crippen molar-refractivity contribution >= 4 is 39.2 Å². The maximum atomic E-state index is 12.5. The Morgan fingerprint density at radius 3 is 2.54 bits per heavy atom. The first-order valence-corrected chi connectivity index (χ1v) is 9.14. The highest BCUT2D eigenvalue weighted by molar-refractivity contribution is 7.96. The SMILES string of the molecule is CCOC(=O)C(=Cc1ccc(Cl)c([N+](=O)[O-])c1)S(=O)(=O)C(C)CC. The molecule has 0 saturated carbocycles. The fraction of sp³-hybridized carbons (Fsp3) is 0.400. The Hall–Kier alpha value is -1.93. The van der Waals surface area contributed by atoms with Crippen LogP contribution in [0, 0.1) is 10.1 Å². The van der Waals surface area contributed by atoms with Gasteiger partial charge in [-0.05, 0) is 38.0 Å². The number of sulfone groups is 1. The molecule has 0 aliphatic heterocycles. The van der Waals surface area contributed by atoms with Gasteiger partial charge in [-0.15, -0.1) is 0 Å². The number of hydrogen-bond acceptors (Lipinski definition) is 6. The molecule has 1 aromatic carbocycles. The lowest BCUT2D eigenvalue weighted by Crippen LogP contribution is -2.24. The summed E-state index contributed by atoms with van der Waals surface area (Å²) >= 11 is 5.73. The van der Waals surface area contributed by atoms with E-state index in [1.165, 1.54) is 19.1 Å². The van der Waals surface area contributed by atoms with Crippen LogP contribution in [0.5, 0.6) is 0 Å². The summed E-state index contributed by atoms with van der Waals surface area (Å²) in [6.07, 6.45) is 1.38. The number of nitro groups is 1. The predicted molar refractivity (Wildman–Crippen MR) is 91.4 cm³/mol. The minimum absolute atomic E-state index is 0.00691. The highest BCUT2D eigenvalue weighted by Crippen LogP contribution is 2.27. The molecule has 0 bridgehead atoms. The van der Waals surface area contributed by atoms with Crippen molar-refractivity contribution in [3.05, 3.63) is 43.8 Å². The van der Waals surface area contributed by atoms with Gasteiger partial charge in [0.15, 0.2) is 14.7 Å². The molecule has 7 nitrogen and oxygen atoms in total. The van der Waals surface area contributed by atoms with E-state index in [0.717, 1.165) is 12.1 Å². The number of halogens is 1. The van der Waals surface area contributed by atoms with Gasteiger partial charge in [0.05, 0.1) is 16.8 Å². The fourth-order valence-corrected chi connectivity index (χ4v) is 3.46. The molecule has 132 valence electrons. The van der Waals surface area contributed by atoms with Gasteiger partial charge in [0.25, 0.3) is 5.69 Å². The Balaban J connectivity index is 3.50. The molecular formula is C15H18ClNO6S. The number of esters is 1. The molecule has 1 aromatic rings. The van der Waals surface area contributed by atoms with E-state index in [9.17, 15) is 23.3 Å². The van der Waals surface area contributed by atoms with E-state index in [2.05, 4.69) is 0 Å². The Kier molecular flexibility index (Phi) is 6.92. The lowest BCUT2D eigenvalue weighted by atomic mass is 10.2. The molecule has 0 aromatic heterocycles. The van der Waals surface area contributed by atoms with E-state index < -0.39 is 30.9 Å². The van der Waals surface area contributed by atoms with Crippen molar-refractivity contribution in [2.24, 2.45) is 0 Å². The van der Waals surface area contributed by atoms with Gasteiger partial charge in [-0.25, -0.2) is 13.2 Å². The third kappa shape index (κ3) is 4.55. The highest BCUT2D eigenvalue weighted by atomic mass is 35.5. The summed E-state index contributed by atoms with van der Waals surface area (Å²) in [6, 6.07) is 3.76. The topological polar surface area (TPSA) is 104 Å². The summed E-state index contributed by atoms with van der Waals surface area (Å²) in [5, 5.41) is 10.1. The van der Waals surface area contributed by atoms with E-state index >= 15 is 0 Å². The second-order valence-corrected chi connectivity index (χ2v) is 7.70. The van der Waals surface area contributed by atoms with Crippen molar-refractivity contribution in [2.75, 3.05) is 6.61 Å². The van der Waals surface area contributed by atoms with Gasteiger partial charge in [0.2, 0.25) is 0 Å². The zero-order chi connectivity index (χ0) is 18.5. The van der Waals surface area contributed by atoms with Crippen LogP contribution in [0.25, 0.3) is 6.08 Å². The number of carbonyl (C=O) groups excluding carboxylic acids is 1. The summed E-state index contributed by atoms with van der Waals surface area (Å²) in [5.74, 6) is -0.990. The van der Waals surface area contributed by atoms with Crippen LogP contribution >= 0.6 is 11.6 Å². The number of rotatable bonds is 7. The maximum Gasteiger partial charge on any atom is 0.349 e. The Morgan fingerprint density at radius 2 is 2.04 bits per heavy atom. The van der Waals surface area contributed by atoms with Crippen LogP contribution in [0.2, 0.25) is 5.02 Å². The van der Waals surface area contributed by atoms with Crippen molar-refractivity contribution in [3.63, 3.8) is 0 Å². The largest absolute Gasteiger partial charge is 0.462 e. The molecule has 0 heterocycles. The lowest BCUT2D eigenvalue weighted by molar-refractivity contribution is -0.384. The smallest absolute Gasteiger partial charge is 0.349 e. The second kappa shape index (κ2) is 8.25. The average molecular weight is 376 g/mol. The number of nitrogens with zero attached hydrogens (tertiary/aromatic N) is 1. The third-order valence-corrected chi connectivity index (χ3v) is 5.96. The molecule has 0 fully saturated rings. The molecule has 1 rings (SSSR count). The molecule has 0 aliphatic rings. The van der Waals surface area contributed by atoms with E-state index in [1.54, 1.807) is 13.8 Å². The number of nitro benzene ring substituents is 1. The third-order valence-electron chi connectivity index (χ3n) is 3.35. The molecular weight excluding hydrogens is 358 g/mol. The molecule has 9 heteroatoms. The van der Waals surface area contributed by atoms with Crippen LogP contribution in [-0.2, 0) is 19.4 Å². The summed E-state index contributed by atoms with van der Waals surface area (Å²) < 4.78 is 29.9. The zero-order valence-electron chi connectivity index (χ0n) is 13.5. The standard InChI is InChI=1S/C15H18ClNO6S/c1-4-10(3)24(21,22)14(15(18)23-5-2)9-11-6-7-12(16)13(8-11)17(19)20/h6-10H,4-5H2,1-3H3. The molecule has 1 unspecified atom stereocenters. The minimum atomic E-state index is -3.93. The van der Waals surface area contributed by atoms with Crippen LogP contribution in [-0.4, -0.2) is 31.2 Å². The van der Waals surface area contributed by atoms with Crippen LogP contribution in [0.15, 0.2) is 23.1 Å². The Labute approximate surface area is 145 Å². The molecule has 0 amide bonds. The van der Waals surface area contributed by atoms with Gasteiger partial charge in [-0.3, -0.25) is 10.1 Å². The first kappa shape index (κ1) is 20.1. The first-order chi connectivity index (χ1) is 11.1. The summed E-state index contributed by atoms with van der Waals surface area (Å²) in [7, 11) is -3.93. The lowest BCUT2D eigenvalue weighted by Gasteiger charge is -2.13. The van der Waals surface area contributed by atoms with Crippen LogP contribution in [0.3, 0.4) is 0 Å². The van der Waals surface area contributed by atoms with Crippen LogP contribution in [0.4, 0.5) is 5.69 Å². The molecule has 0 aliphatic carbocycles. The molecule has 0 radical (unpaired) electrons. The maximum absolute atomic E-state index is 12.5. The van der Waals surface area contributed by atoms with E-state index in [1.807, 2.05) is 0 Å². The Morgan fingerprint density at radius 1 is 1.42 bits per heavy atom. The molecule has 0 saturated heterocycles. The molecule has 1 atom stereocenters. The van der Waals surface area contributed by atoms with Crippen LogP contribution in [0.1, 0.15) is 32.8 Å². The van der Waals surface area contributed by atoms with E-state index in [0.29, 0.717) is 6.42 Å². The summed E-state index contributed by atoms with van der Waals surface area (Å²) in [6.45, 7) is 4.72. The summed E-state index contributed by atoms with van der Waals surface area (Å²) in [4.78, 5) is 21.8. The van der Waals surface area contributed by atoms with Gasteiger partial charge in [-0.2, -0.15) is 0 Å². The van der Waals surface area contributed by atoms with Gasteiger partial charge in [0, 0.05) is 6.07 Å². The van der Waals surface area contributed by atoms with E-state index in [-0.39, 0.29) is 22.9 Å². The number of benzene rings is 1. The van der Waals surface area contributed by atoms with Gasteiger partial charge < -0.3 is 4.74 Å². The highest BCUT2D eigenvalue weighted by Gasteiger charge is 2.31. The van der Waals surface area contributed by atoms with Gasteiger partial charge in [0.1, 0.15) is 5.02 Å². The van der Waals surface area contributed by atoms with Crippen molar-refractivity contribution in [1.29, 1.82) is 0 Å². The quantitative estimate of drug-likeness (QED) is 0.313. The summed E-state index contributed by atoms with van der Waals surface area (Å²) in [5.41, 5.74) is -0.212. The van der Waals surface area contributed by atoms with Gasteiger partial charge in [-0.1, -0.05) is 24.6 Å². The monoisotopic (exact) mass is 375 g/mol.